The normalized spacial score (nSPS) is 13.2. The van der Waals surface area contributed by atoms with Gasteiger partial charge in [0.1, 0.15) is 5.82 Å². The van der Waals surface area contributed by atoms with Gasteiger partial charge < -0.3 is 10.3 Å². The Morgan fingerprint density at radius 3 is 2.56 bits per heavy atom. The molecule has 0 saturated heterocycles. The number of hydrogen-bond donors (Lipinski definition) is 2. The van der Waals surface area contributed by atoms with Crippen LogP contribution in [0.2, 0.25) is 0 Å². The van der Waals surface area contributed by atoms with Crippen LogP contribution in [0.15, 0.2) is 29.4 Å². The predicted molar refractivity (Wildman–Crippen MR) is 123 cm³/mol. The summed E-state index contributed by atoms with van der Waals surface area (Å²) in [4.78, 5) is 39.4. The number of hydrogen-bond acceptors (Lipinski definition) is 6. The zero-order valence-electron chi connectivity index (χ0n) is 18.5. The van der Waals surface area contributed by atoms with Crippen molar-refractivity contribution in [1.82, 2.24) is 19.7 Å². The van der Waals surface area contributed by atoms with Crippen LogP contribution >= 0.6 is 11.8 Å². The topological polar surface area (TPSA) is 110 Å². The van der Waals surface area contributed by atoms with Crippen molar-refractivity contribution in [2.24, 2.45) is 0 Å². The molecule has 32 heavy (non-hydrogen) atoms. The number of ketones is 2. The van der Waals surface area contributed by atoms with E-state index in [-0.39, 0.29) is 23.2 Å². The Labute approximate surface area is 190 Å². The first-order valence-electron chi connectivity index (χ1n) is 10.5. The van der Waals surface area contributed by atoms with E-state index in [0.29, 0.717) is 39.3 Å². The molecule has 166 valence electrons. The fourth-order valence-corrected chi connectivity index (χ4v) is 4.74. The van der Waals surface area contributed by atoms with Gasteiger partial charge in [0.25, 0.3) is 0 Å². The highest BCUT2D eigenvalue weighted by Crippen LogP contribution is 2.41. The van der Waals surface area contributed by atoms with Crippen LogP contribution in [0.3, 0.4) is 0 Å². The summed E-state index contributed by atoms with van der Waals surface area (Å²) in [5.74, 6) is 1.07. The van der Waals surface area contributed by atoms with Gasteiger partial charge in [0, 0.05) is 29.8 Å². The number of nitrogens with one attached hydrogen (secondary N) is 2. The van der Waals surface area contributed by atoms with E-state index in [1.54, 1.807) is 13.8 Å². The fourth-order valence-electron chi connectivity index (χ4n) is 3.91. The van der Waals surface area contributed by atoms with Crippen molar-refractivity contribution >= 4 is 34.9 Å². The van der Waals surface area contributed by atoms with Gasteiger partial charge in [0.15, 0.2) is 16.7 Å². The number of thioether (sulfide) groups is 1. The van der Waals surface area contributed by atoms with Crippen LogP contribution in [0.4, 0.5) is 5.69 Å². The number of nitrogens with zero attached hydrogens (tertiary/aromatic N) is 3. The van der Waals surface area contributed by atoms with E-state index in [1.165, 1.54) is 25.6 Å². The second kappa shape index (κ2) is 8.74. The number of aromatic amines is 1. The average Bonchev–Trinajstić information content (AvgIpc) is 3.41. The van der Waals surface area contributed by atoms with Crippen LogP contribution in [-0.4, -0.2) is 43.0 Å². The minimum atomic E-state index is -0.143. The Bertz CT molecular complexity index is 1220. The van der Waals surface area contributed by atoms with Crippen molar-refractivity contribution in [2.45, 2.75) is 51.6 Å². The molecule has 2 aromatic heterocycles. The van der Waals surface area contributed by atoms with Crippen molar-refractivity contribution in [3.8, 4) is 5.69 Å². The summed E-state index contributed by atoms with van der Waals surface area (Å²) in [6.45, 7) is 6.56. The van der Waals surface area contributed by atoms with Gasteiger partial charge in [-0.3, -0.25) is 19.0 Å². The van der Waals surface area contributed by atoms with Crippen molar-refractivity contribution in [3.05, 3.63) is 52.6 Å². The van der Waals surface area contributed by atoms with Gasteiger partial charge in [-0.2, -0.15) is 0 Å². The van der Waals surface area contributed by atoms with Crippen molar-refractivity contribution in [1.29, 1.82) is 0 Å². The summed E-state index contributed by atoms with van der Waals surface area (Å²) in [5.41, 5.74) is 3.95. The predicted octanol–water partition coefficient (Wildman–Crippen LogP) is 4.23. The Balaban J connectivity index is 1.61. The minimum Gasteiger partial charge on any atom is -0.355 e. The van der Waals surface area contributed by atoms with E-state index in [4.69, 9.17) is 0 Å². The Morgan fingerprint density at radius 2 is 1.94 bits per heavy atom. The molecule has 0 spiro atoms. The molecule has 0 unspecified atom stereocenters. The molecule has 1 amide bonds. The van der Waals surface area contributed by atoms with Gasteiger partial charge in [0.2, 0.25) is 5.91 Å². The maximum Gasteiger partial charge on any atom is 0.221 e. The second-order valence-electron chi connectivity index (χ2n) is 8.08. The van der Waals surface area contributed by atoms with Crippen LogP contribution in [0, 0.1) is 13.8 Å². The highest BCUT2D eigenvalue weighted by atomic mass is 32.2. The smallest absolute Gasteiger partial charge is 0.221 e. The molecule has 0 atom stereocenters. The molecule has 1 aliphatic rings. The number of aryl methyl sites for hydroxylation is 1. The highest BCUT2D eigenvalue weighted by molar-refractivity contribution is 7.99. The SMILES string of the molecule is CC(=O)Nc1cccc(-n2c(SCC(=O)c3[nH]c(C)c(C(C)=O)c3C)nnc2C2CC2)c1. The molecule has 1 saturated carbocycles. The molecule has 4 rings (SSSR count). The summed E-state index contributed by atoms with van der Waals surface area (Å²) in [5, 5.41) is 12.2. The zero-order valence-corrected chi connectivity index (χ0v) is 19.3. The third kappa shape index (κ3) is 4.38. The summed E-state index contributed by atoms with van der Waals surface area (Å²) in [6.07, 6.45) is 2.11. The number of H-pyrrole nitrogens is 1. The number of rotatable bonds is 8. The van der Waals surface area contributed by atoms with Gasteiger partial charge in [-0.15, -0.1) is 10.2 Å². The lowest BCUT2D eigenvalue weighted by molar-refractivity contribution is -0.114. The first kappa shape index (κ1) is 22.0. The summed E-state index contributed by atoms with van der Waals surface area (Å²) in [6, 6.07) is 7.50. The lowest BCUT2D eigenvalue weighted by Gasteiger charge is -2.11. The van der Waals surface area contributed by atoms with E-state index >= 15 is 0 Å². The molecular formula is C23H25N5O3S. The molecular weight excluding hydrogens is 426 g/mol. The van der Waals surface area contributed by atoms with Crippen LogP contribution in [0.1, 0.15) is 70.5 Å². The van der Waals surface area contributed by atoms with Crippen LogP contribution < -0.4 is 5.32 Å². The third-order valence-corrected chi connectivity index (χ3v) is 6.36. The first-order chi connectivity index (χ1) is 15.3. The number of carbonyl (C=O) groups excluding carboxylic acids is 3. The molecule has 9 heteroatoms. The van der Waals surface area contributed by atoms with E-state index in [0.717, 1.165) is 24.4 Å². The van der Waals surface area contributed by atoms with Crippen LogP contribution in [-0.2, 0) is 4.79 Å². The number of aromatic nitrogens is 4. The van der Waals surface area contributed by atoms with E-state index < -0.39 is 0 Å². The van der Waals surface area contributed by atoms with Gasteiger partial charge in [0.05, 0.1) is 17.1 Å². The maximum absolute atomic E-state index is 12.9. The standard InChI is InChI=1S/C23H25N5O3S/c1-12-20(14(3)29)13(2)24-21(12)19(31)11-32-23-27-26-22(16-8-9-16)28(23)18-7-5-6-17(10-18)25-15(4)30/h5-7,10,16,24H,8-9,11H2,1-4H3,(H,25,30). The summed E-state index contributed by atoms with van der Waals surface area (Å²) < 4.78 is 1.97. The van der Waals surface area contributed by atoms with Crippen LogP contribution in [0.5, 0.6) is 0 Å². The van der Waals surface area contributed by atoms with Gasteiger partial charge in [-0.1, -0.05) is 17.8 Å². The number of Topliss-reactive ketones (excluding diaryl/α,β-unsaturated/α-hetero) is 2. The zero-order chi connectivity index (χ0) is 23.0. The Hall–Kier alpha value is -3.20. The molecule has 3 aromatic rings. The Kier molecular flexibility index (Phi) is 6.01. The number of amides is 1. The molecule has 0 radical (unpaired) electrons. The van der Waals surface area contributed by atoms with Crippen LogP contribution in [0.25, 0.3) is 5.69 Å². The van der Waals surface area contributed by atoms with E-state index in [9.17, 15) is 14.4 Å². The average molecular weight is 452 g/mol. The molecule has 0 aliphatic heterocycles. The minimum absolute atomic E-state index is 0.0594. The molecule has 0 bridgehead atoms. The highest BCUT2D eigenvalue weighted by Gasteiger charge is 2.31. The maximum atomic E-state index is 12.9. The first-order valence-corrected chi connectivity index (χ1v) is 11.4. The Morgan fingerprint density at radius 1 is 1.19 bits per heavy atom. The van der Waals surface area contributed by atoms with E-state index in [2.05, 4.69) is 20.5 Å². The summed E-state index contributed by atoms with van der Waals surface area (Å²) in [7, 11) is 0. The van der Waals surface area contributed by atoms with Gasteiger partial charge in [-0.05, 0) is 57.4 Å². The molecule has 8 nitrogen and oxygen atoms in total. The van der Waals surface area contributed by atoms with E-state index in [1.807, 2.05) is 28.8 Å². The third-order valence-electron chi connectivity index (χ3n) is 5.43. The fraction of sp³-hybridized carbons (Fsp3) is 0.348. The monoisotopic (exact) mass is 451 g/mol. The van der Waals surface area contributed by atoms with Crippen molar-refractivity contribution in [2.75, 3.05) is 11.1 Å². The largest absolute Gasteiger partial charge is 0.355 e. The summed E-state index contributed by atoms with van der Waals surface area (Å²) >= 11 is 1.31. The van der Waals surface area contributed by atoms with Gasteiger partial charge in [-0.25, -0.2) is 0 Å². The number of anilines is 1. The molecule has 1 fully saturated rings. The lowest BCUT2D eigenvalue weighted by Crippen LogP contribution is -2.09. The molecule has 1 aromatic carbocycles. The molecule has 2 N–H and O–H groups in total. The molecule has 2 heterocycles. The quantitative estimate of drug-likeness (QED) is 0.392. The van der Waals surface area contributed by atoms with Crippen molar-refractivity contribution in [3.63, 3.8) is 0 Å². The van der Waals surface area contributed by atoms with Gasteiger partial charge >= 0.3 is 0 Å². The van der Waals surface area contributed by atoms with Crippen molar-refractivity contribution < 1.29 is 14.4 Å². The lowest BCUT2D eigenvalue weighted by atomic mass is 10.1. The molecule has 1 aliphatic carbocycles. The number of carbonyl (C=O) groups is 3. The second-order valence-corrected chi connectivity index (χ2v) is 9.02. The number of benzene rings is 1.